The second kappa shape index (κ2) is 15.0. The molecule has 0 radical (unpaired) electrons. The normalized spacial score (nSPS) is 12.5. The number of para-hydroxylation sites is 3. The number of hydrogen-bond acceptors (Lipinski definition) is 2. The van der Waals surface area contributed by atoms with Crippen LogP contribution in [-0.2, 0) is 0 Å². The molecule has 2 aliphatic heterocycles. The first-order chi connectivity index (χ1) is 32.2. The van der Waals surface area contributed by atoms with E-state index in [4.69, 9.17) is 9.39 Å². The van der Waals surface area contributed by atoms with Gasteiger partial charge < -0.3 is 14.0 Å². The lowest BCUT2D eigenvalue weighted by molar-refractivity contribution is 0.479. The molecule has 0 bridgehead atoms. The number of ether oxygens (including phenoxy) is 1. The molecule has 10 aromatic carbocycles. The van der Waals surface area contributed by atoms with E-state index in [0.717, 1.165) is 61.7 Å². The van der Waals surface area contributed by atoms with E-state index in [0.29, 0.717) is 0 Å². The lowest BCUT2D eigenvalue weighted by Crippen LogP contribution is -2.75. The zero-order chi connectivity index (χ0) is 42.9. The van der Waals surface area contributed by atoms with E-state index in [1.54, 1.807) is 0 Å². The van der Waals surface area contributed by atoms with Crippen LogP contribution in [0, 0.1) is 0 Å². The molecule has 1 aromatic heterocycles. The maximum absolute atomic E-state index is 7.23. The number of hydrogen-bond donors (Lipinski definition) is 0. The monoisotopic (exact) mass is 845 g/mol. The minimum Gasteiger partial charge on any atom is -0.551 e. The summed E-state index contributed by atoms with van der Waals surface area (Å²) in [5.74, 6) is 2.51. The van der Waals surface area contributed by atoms with Gasteiger partial charge in [0.05, 0.1) is 11.0 Å². The highest BCUT2D eigenvalue weighted by Crippen LogP contribution is 2.43. The first-order valence-corrected chi connectivity index (χ1v) is 24.4. The van der Waals surface area contributed by atoms with Crippen molar-refractivity contribution in [1.82, 2.24) is 4.57 Å². The molecule has 2 aliphatic rings. The van der Waals surface area contributed by atoms with Crippen molar-refractivity contribution in [2.45, 2.75) is 0 Å². The second-order valence-corrected chi connectivity index (χ2v) is 20.9. The third-order valence-corrected chi connectivity index (χ3v) is 18.5. The minimum absolute atomic E-state index is 0.327. The number of fused-ring (bicyclic) bond motifs is 7. The fourth-order valence-corrected chi connectivity index (χ4v) is 15.8. The van der Waals surface area contributed by atoms with Crippen LogP contribution in [0.5, 0.6) is 17.2 Å². The maximum atomic E-state index is 7.23. The number of aromatic nitrogens is 1. The van der Waals surface area contributed by atoms with Gasteiger partial charge in [0, 0.05) is 32.9 Å². The van der Waals surface area contributed by atoms with Gasteiger partial charge in [0.15, 0.2) is 8.07 Å². The third-order valence-electron chi connectivity index (χ3n) is 13.6. The van der Waals surface area contributed by atoms with Crippen LogP contribution in [0.4, 0.5) is 0 Å². The van der Waals surface area contributed by atoms with E-state index in [1.807, 2.05) is 6.07 Å². The van der Waals surface area contributed by atoms with Gasteiger partial charge in [-0.25, -0.2) is 0 Å². The fourth-order valence-electron chi connectivity index (χ4n) is 10.8. The smallest absolute Gasteiger partial charge is 0.434 e. The van der Waals surface area contributed by atoms with Gasteiger partial charge in [0.2, 0.25) is 0 Å². The molecule has 11 aromatic rings. The maximum Gasteiger partial charge on any atom is 0.434 e. The van der Waals surface area contributed by atoms with E-state index in [1.165, 1.54) is 48.1 Å². The van der Waals surface area contributed by atoms with Crippen molar-refractivity contribution in [3.05, 3.63) is 243 Å². The summed E-state index contributed by atoms with van der Waals surface area (Å²) < 4.78 is 16.4. The molecular weight excluding hydrogens is 806 g/mol. The topological polar surface area (TPSA) is 23.4 Å². The van der Waals surface area contributed by atoms with Crippen LogP contribution in [-0.4, -0.2) is 19.6 Å². The van der Waals surface area contributed by atoms with Crippen molar-refractivity contribution in [3.8, 4) is 56.3 Å². The minimum atomic E-state index is -2.85. The summed E-state index contributed by atoms with van der Waals surface area (Å²) in [5, 5.41) is 7.86. The highest BCUT2D eigenvalue weighted by Gasteiger charge is 2.44. The van der Waals surface area contributed by atoms with E-state index in [9.17, 15) is 0 Å². The predicted molar refractivity (Wildman–Crippen MR) is 273 cm³/mol. The summed E-state index contributed by atoms with van der Waals surface area (Å²) in [6.45, 7) is -0.327. The largest absolute Gasteiger partial charge is 0.551 e. The molecule has 0 N–H and O–H groups in total. The van der Waals surface area contributed by atoms with Gasteiger partial charge in [-0.3, -0.25) is 0 Å². The van der Waals surface area contributed by atoms with Crippen LogP contribution in [0.1, 0.15) is 0 Å². The molecule has 0 aliphatic carbocycles. The molecule has 0 saturated heterocycles. The predicted octanol–water partition coefficient (Wildman–Crippen LogP) is 10.8. The van der Waals surface area contributed by atoms with Crippen molar-refractivity contribution >= 4 is 68.5 Å². The highest BCUT2D eigenvalue weighted by atomic mass is 28.3. The van der Waals surface area contributed by atoms with Crippen molar-refractivity contribution in [2.24, 2.45) is 0 Å². The zero-order valence-corrected chi connectivity index (χ0v) is 36.4. The van der Waals surface area contributed by atoms with Crippen LogP contribution in [0.15, 0.2) is 243 Å². The molecule has 0 spiro atoms. The van der Waals surface area contributed by atoms with Gasteiger partial charge in [-0.2, -0.15) is 0 Å². The van der Waals surface area contributed by atoms with Crippen LogP contribution >= 0.6 is 0 Å². The number of rotatable bonds is 7. The number of nitrogens with zero attached hydrogens (tertiary/aromatic N) is 1. The Balaban J connectivity index is 0.997. The van der Waals surface area contributed by atoms with E-state index < -0.39 is 8.07 Å². The molecule has 13 rings (SSSR count). The zero-order valence-electron chi connectivity index (χ0n) is 35.4. The van der Waals surface area contributed by atoms with Crippen LogP contribution in [0.2, 0.25) is 0 Å². The molecule has 3 heterocycles. The van der Waals surface area contributed by atoms with Crippen LogP contribution in [0.25, 0.3) is 60.9 Å². The van der Waals surface area contributed by atoms with Gasteiger partial charge in [-0.1, -0.05) is 194 Å². The van der Waals surface area contributed by atoms with Gasteiger partial charge >= 0.3 is 6.92 Å². The summed E-state index contributed by atoms with van der Waals surface area (Å²) in [7, 11) is -2.85. The molecular formula is C60H40BNO2Si. The van der Waals surface area contributed by atoms with E-state index in [-0.39, 0.29) is 6.92 Å². The van der Waals surface area contributed by atoms with Crippen LogP contribution in [0.3, 0.4) is 0 Å². The second-order valence-electron chi connectivity index (χ2n) is 17.1. The van der Waals surface area contributed by atoms with Gasteiger partial charge in [0.25, 0.3) is 0 Å². The van der Waals surface area contributed by atoms with Crippen molar-refractivity contribution in [2.75, 3.05) is 0 Å². The lowest BCUT2D eigenvalue weighted by atomic mass is 9.50. The molecule has 3 nitrogen and oxygen atoms in total. The number of benzene rings is 10. The standard InChI is InChI=1S/C60H40BNO2Si/c1-4-21-45(22-5-1)65(46-23-6-2-7-24-46,47-25-8-3-9-26-47)59-34-17-12-27-48(59)42-35-36-51-52-38-43(40-58-60(52)61(64-57(51)39-42)53-30-13-16-33-56(53)63-58)41-19-18-20-44(37-41)62-54-31-14-10-28-49(54)50-29-11-15-32-55(50)62/h1-40H. The average molecular weight is 846 g/mol. The summed E-state index contributed by atoms with van der Waals surface area (Å²) in [5.41, 5.74) is 12.3. The molecule has 304 valence electrons. The molecule has 0 atom stereocenters. The lowest BCUT2D eigenvalue weighted by Gasteiger charge is -2.36. The van der Waals surface area contributed by atoms with E-state index >= 15 is 0 Å². The Bertz CT molecular complexity index is 3470. The Labute approximate surface area is 379 Å². The van der Waals surface area contributed by atoms with E-state index in [2.05, 4.69) is 241 Å². The summed E-state index contributed by atoms with van der Waals surface area (Å²) in [6.07, 6.45) is 0. The summed E-state index contributed by atoms with van der Waals surface area (Å²) in [6, 6.07) is 88.4. The van der Waals surface area contributed by atoms with Gasteiger partial charge in [-0.05, 0) is 97.1 Å². The van der Waals surface area contributed by atoms with Crippen molar-refractivity contribution < 1.29 is 9.39 Å². The average Bonchev–Trinajstić information content (AvgIpc) is 3.72. The van der Waals surface area contributed by atoms with Crippen LogP contribution < -0.4 is 41.1 Å². The Morgan fingerprint density at radius 1 is 0.369 bits per heavy atom. The molecule has 0 saturated carbocycles. The first-order valence-electron chi connectivity index (χ1n) is 22.4. The molecule has 0 fully saturated rings. The molecule has 65 heavy (non-hydrogen) atoms. The van der Waals surface area contributed by atoms with Gasteiger partial charge in [0.1, 0.15) is 17.2 Å². The quantitative estimate of drug-likeness (QED) is 0.118. The Hall–Kier alpha value is -8.12. The fraction of sp³-hybridized carbons (Fsp3) is 0. The molecule has 5 heteroatoms. The molecule has 0 amide bonds. The summed E-state index contributed by atoms with van der Waals surface area (Å²) >= 11 is 0. The van der Waals surface area contributed by atoms with Gasteiger partial charge in [-0.15, -0.1) is 0 Å². The Kier molecular flexibility index (Phi) is 8.65. The van der Waals surface area contributed by atoms with Crippen molar-refractivity contribution in [3.63, 3.8) is 0 Å². The third kappa shape index (κ3) is 5.83. The first kappa shape index (κ1) is 37.4. The Morgan fingerprint density at radius 2 is 0.954 bits per heavy atom. The molecule has 0 unspecified atom stereocenters. The highest BCUT2D eigenvalue weighted by molar-refractivity contribution is 7.20. The SMILES string of the molecule is c1ccc([Si](c2ccccc2)(c2ccccc2)c2ccccc2-c2ccc3c(c2)OB2c4ccccc4Oc4cc(-c5cccc(-n6c7ccccc7c7ccccc76)c5)cc-3c42)cc1. The van der Waals surface area contributed by atoms with Crippen molar-refractivity contribution in [1.29, 1.82) is 0 Å². The Morgan fingerprint density at radius 3 is 1.65 bits per heavy atom. The summed E-state index contributed by atoms with van der Waals surface area (Å²) in [4.78, 5) is 0.